The minimum Gasteiger partial charge on any atom is -0.476 e. The second-order valence-corrected chi connectivity index (χ2v) is 3.70. The van der Waals surface area contributed by atoms with E-state index in [4.69, 9.17) is 5.11 Å². The lowest BCUT2D eigenvalue weighted by atomic mass is 10.1. The highest BCUT2D eigenvalue weighted by Crippen LogP contribution is 2.42. The molecule has 0 aromatic carbocycles. The molecule has 1 aromatic rings. The summed E-state index contributed by atoms with van der Waals surface area (Å²) in [5, 5.41) is 9.00. The van der Waals surface area contributed by atoms with Crippen LogP contribution in [0.15, 0.2) is 0 Å². The number of hydrogen-bond donors (Lipinski definition) is 1. The van der Waals surface area contributed by atoms with E-state index in [2.05, 4.69) is 9.97 Å². The summed E-state index contributed by atoms with van der Waals surface area (Å²) in [6.45, 7) is 3.57. The van der Waals surface area contributed by atoms with Crippen molar-refractivity contribution < 1.29 is 9.90 Å². The summed E-state index contributed by atoms with van der Waals surface area (Å²) in [5.74, 6) is -0.0356. The summed E-state index contributed by atoms with van der Waals surface area (Å²) >= 11 is 0. The molecule has 0 amide bonds. The van der Waals surface area contributed by atoms with Gasteiger partial charge >= 0.3 is 5.97 Å². The molecule has 4 heteroatoms. The normalized spacial score (nSPS) is 15.6. The molecule has 0 spiro atoms. The van der Waals surface area contributed by atoms with Crippen LogP contribution < -0.4 is 0 Å². The van der Waals surface area contributed by atoms with Gasteiger partial charge in [-0.15, -0.1) is 0 Å². The highest BCUT2D eigenvalue weighted by atomic mass is 16.4. The monoisotopic (exact) mass is 192 g/mol. The van der Waals surface area contributed by atoms with Crippen molar-refractivity contribution in [2.75, 3.05) is 0 Å². The first-order chi connectivity index (χ1) is 6.59. The van der Waals surface area contributed by atoms with Gasteiger partial charge in [-0.2, -0.15) is 0 Å². The van der Waals surface area contributed by atoms with E-state index in [1.807, 2.05) is 6.92 Å². The Kier molecular flexibility index (Phi) is 1.98. The van der Waals surface area contributed by atoms with Crippen LogP contribution in [0.4, 0.5) is 0 Å². The molecule has 0 unspecified atom stereocenters. The Labute approximate surface area is 82.0 Å². The van der Waals surface area contributed by atoms with E-state index in [1.54, 1.807) is 6.92 Å². The maximum atomic E-state index is 11.0. The van der Waals surface area contributed by atoms with Gasteiger partial charge < -0.3 is 5.11 Å². The second kappa shape index (κ2) is 3.04. The predicted molar refractivity (Wildman–Crippen MR) is 50.4 cm³/mol. The van der Waals surface area contributed by atoms with Crippen molar-refractivity contribution in [3.8, 4) is 0 Å². The topological polar surface area (TPSA) is 63.1 Å². The van der Waals surface area contributed by atoms with Gasteiger partial charge in [0.15, 0.2) is 5.69 Å². The van der Waals surface area contributed by atoms with Gasteiger partial charge in [-0.05, 0) is 32.6 Å². The molecule has 0 bridgehead atoms. The number of aromatic nitrogens is 2. The number of rotatable bonds is 2. The standard InChI is InChI=1S/C10H12N2O2/c1-5-8(7-3-4-7)9(10(13)14)12-6(2)11-5/h7H,3-4H2,1-2H3,(H,13,14). The number of carboxylic acids is 1. The SMILES string of the molecule is Cc1nc(C)c(C2CC2)c(C(=O)O)n1. The largest absolute Gasteiger partial charge is 0.476 e. The van der Waals surface area contributed by atoms with Crippen LogP contribution in [0.3, 0.4) is 0 Å². The second-order valence-electron chi connectivity index (χ2n) is 3.70. The molecule has 74 valence electrons. The first-order valence-electron chi connectivity index (χ1n) is 4.68. The third-order valence-electron chi connectivity index (χ3n) is 2.44. The third kappa shape index (κ3) is 1.47. The van der Waals surface area contributed by atoms with Gasteiger partial charge in [0.05, 0.1) is 0 Å². The molecule has 0 aliphatic heterocycles. The summed E-state index contributed by atoms with van der Waals surface area (Å²) in [5.41, 5.74) is 1.85. The molecule has 1 fully saturated rings. The molecule has 14 heavy (non-hydrogen) atoms. The predicted octanol–water partition coefficient (Wildman–Crippen LogP) is 1.67. The van der Waals surface area contributed by atoms with Crippen molar-refractivity contribution in [1.82, 2.24) is 9.97 Å². The Morgan fingerprint density at radius 1 is 1.36 bits per heavy atom. The highest BCUT2D eigenvalue weighted by molar-refractivity contribution is 5.87. The lowest BCUT2D eigenvalue weighted by Crippen LogP contribution is -2.10. The first-order valence-corrected chi connectivity index (χ1v) is 4.68. The van der Waals surface area contributed by atoms with E-state index in [0.29, 0.717) is 11.7 Å². The smallest absolute Gasteiger partial charge is 0.354 e. The molecular weight excluding hydrogens is 180 g/mol. The Hall–Kier alpha value is -1.45. The zero-order valence-electron chi connectivity index (χ0n) is 8.24. The molecular formula is C10H12N2O2. The number of aryl methyl sites for hydroxylation is 2. The van der Waals surface area contributed by atoms with Crippen molar-refractivity contribution >= 4 is 5.97 Å². The van der Waals surface area contributed by atoms with Gasteiger partial charge in [0.2, 0.25) is 0 Å². The average molecular weight is 192 g/mol. The van der Waals surface area contributed by atoms with Crippen molar-refractivity contribution in [3.63, 3.8) is 0 Å². The molecule has 1 aliphatic carbocycles. The Morgan fingerprint density at radius 2 is 2.00 bits per heavy atom. The summed E-state index contributed by atoms with van der Waals surface area (Å²) in [6.07, 6.45) is 2.13. The lowest BCUT2D eigenvalue weighted by Gasteiger charge is -2.07. The summed E-state index contributed by atoms with van der Waals surface area (Å²) < 4.78 is 0. The van der Waals surface area contributed by atoms with Gasteiger partial charge in [0.25, 0.3) is 0 Å². The van der Waals surface area contributed by atoms with E-state index in [-0.39, 0.29) is 5.69 Å². The van der Waals surface area contributed by atoms with E-state index in [9.17, 15) is 4.79 Å². The number of nitrogens with zero attached hydrogens (tertiary/aromatic N) is 2. The van der Waals surface area contributed by atoms with Gasteiger partial charge in [0.1, 0.15) is 5.82 Å². The minimum absolute atomic E-state index is 0.192. The van der Waals surface area contributed by atoms with Gasteiger partial charge in [-0.3, -0.25) is 0 Å². The maximum Gasteiger partial charge on any atom is 0.354 e. The minimum atomic E-state index is -0.944. The number of carboxylic acid groups (broad SMARTS) is 1. The average Bonchev–Trinajstić information content (AvgIpc) is 2.85. The number of carbonyl (C=O) groups is 1. The van der Waals surface area contributed by atoms with Crippen LogP contribution in [0.1, 0.15) is 46.3 Å². The van der Waals surface area contributed by atoms with Crippen LogP contribution in [0, 0.1) is 13.8 Å². The molecule has 0 saturated heterocycles. The van der Waals surface area contributed by atoms with E-state index < -0.39 is 5.97 Å². The zero-order valence-corrected chi connectivity index (χ0v) is 8.24. The fraction of sp³-hybridized carbons (Fsp3) is 0.500. The molecule has 2 rings (SSSR count). The van der Waals surface area contributed by atoms with Crippen LogP contribution in [-0.2, 0) is 0 Å². The van der Waals surface area contributed by atoms with Crippen LogP contribution in [-0.4, -0.2) is 21.0 Å². The number of aromatic carboxylic acids is 1. The highest BCUT2D eigenvalue weighted by Gasteiger charge is 2.31. The Bertz CT molecular complexity index is 397. The maximum absolute atomic E-state index is 11.0. The molecule has 1 aromatic heterocycles. The summed E-state index contributed by atoms with van der Waals surface area (Å²) in [6, 6.07) is 0. The Morgan fingerprint density at radius 3 is 2.50 bits per heavy atom. The molecule has 1 aliphatic rings. The van der Waals surface area contributed by atoms with Crippen molar-refractivity contribution in [3.05, 3.63) is 22.8 Å². The fourth-order valence-electron chi connectivity index (χ4n) is 1.75. The van der Waals surface area contributed by atoms with Crippen LogP contribution >= 0.6 is 0 Å². The molecule has 4 nitrogen and oxygen atoms in total. The van der Waals surface area contributed by atoms with E-state index in [0.717, 1.165) is 24.1 Å². The van der Waals surface area contributed by atoms with Gasteiger partial charge in [0, 0.05) is 11.3 Å². The zero-order chi connectivity index (χ0) is 10.3. The van der Waals surface area contributed by atoms with E-state index >= 15 is 0 Å². The molecule has 1 N–H and O–H groups in total. The van der Waals surface area contributed by atoms with Gasteiger partial charge in [-0.1, -0.05) is 0 Å². The van der Waals surface area contributed by atoms with Crippen LogP contribution in [0.25, 0.3) is 0 Å². The third-order valence-corrected chi connectivity index (χ3v) is 2.44. The lowest BCUT2D eigenvalue weighted by molar-refractivity contribution is 0.0688. The first kappa shape index (κ1) is 9.12. The Balaban J connectivity index is 2.58. The van der Waals surface area contributed by atoms with Crippen molar-refractivity contribution in [2.24, 2.45) is 0 Å². The fourth-order valence-corrected chi connectivity index (χ4v) is 1.75. The number of hydrogen-bond acceptors (Lipinski definition) is 3. The van der Waals surface area contributed by atoms with Crippen molar-refractivity contribution in [2.45, 2.75) is 32.6 Å². The molecule has 0 atom stereocenters. The van der Waals surface area contributed by atoms with Gasteiger partial charge in [-0.25, -0.2) is 14.8 Å². The van der Waals surface area contributed by atoms with Crippen LogP contribution in [0.2, 0.25) is 0 Å². The quantitative estimate of drug-likeness (QED) is 0.774. The molecule has 1 heterocycles. The summed E-state index contributed by atoms with van der Waals surface area (Å²) in [7, 11) is 0. The van der Waals surface area contributed by atoms with E-state index in [1.165, 1.54) is 0 Å². The molecule has 0 radical (unpaired) electrons. The van der Waals surface area contributed by atoms with Crippen LogP contribution in [0.5, 0.6) is 0 Å². The summed E-state index contributed by atoms with van der Waals surface area (Å²) in [4.78, 5) is 19.2. The molecule has 1 saturated carbocycles. The van der Waals surface area contributed by atoms with Crippen molar-refractivity contribution in [1.29, 1.82) is 0 Å².